The predicted octanol–water partition coefficient (Wildman–Crippen LogP) is 3.94. The molecule has 0 fully saturated rings. The van der Waals surface area contributed by atoms with Gasteiger partial charge in [0, 0.05) is 11.3 Å². The van der Waals surface area contributed by atoms with Crippen LogP contribution in [-0.4, -0.2) is 28.1 Å². The number of ether oxygens (including phenoxy) is 1. The van der Waals surface area contributed by atoms with Gasteiger partial charge in [-0.25, -0.2) is 0 Å². The predicted molar refractivity (Wildman–Crippen MR) is 119 cm³/mol. The second kappa shape index (κ2) is 9.19. The van der Waals surface area contributed by atoms with Crippen LogP contribution < -0.4 is 14.7 Å². The number of benzene rings is 3. The molecule has 1 N–H and O–H groups in total. The Kier molecular flexibility index (Phi) is 6.00. The van der Waals surface area contributed by atoms with Crippen LogP contribution in [0.25, 0.3) is 5.69 Å². The normalized spacial score (nSPS) is 11.2. The van der Waals surface area contributed by atoms with E-state index in [4.69, 9.17) is 4.74 Å². The molecule has 4 aromatic rings. The van der Waals surface area contributed by atoms with Crippen LogP contribution in [0.3, 0.4) is 0 Å². The van der Waals surface area contributed by atoms with Crippen molar-refractivity contribution in [2.75, 3.05) is 12.4 Å². The molecule has 2 amide bonds. The van der Waals surface area contributed by atoms with Gasteiger partial charge in [0.15, 0.2) is 10.4 Å². The number of nitrogens with zero attached hydrogens (tertiary/aromatic N) is 3. The van der Waals surface area contributed by atoms with Crippen LogP contribution in [0.5, 0.6) is 5.75 Å². The highest BCUT2D eigenvalue weighted by molar-refractivity contribution is 7.04. The van der Waals surface area contributed by atoms with Gasteiger partial charge in [-0.3, -0.25) is 9.59 Å². The van der Waals surface area contributed by atoms with Crippen molar-refractivity contribution in [3.05, 3.63) is 101 Å². The fourth-order valence-electron chi connectivity index (χ4n) is 2.76. The van der Waals surface area contributed by atoms with Gasteiger partial charge in [-0.15, -0.1) is 5.10 Å². The van der Waals surface area contributed by atoms with E-state index in [1.165, 1.54) is 0 Å². The first kappa shape index (κ1) is 20.2. The molecule has 0 saturated carbocycles. The lowest BCUT2D eigenvalue weighted by molar-refractivity contribution is 0.0999. The zero-order valence-electron chi connectivity index (χ0n) is 16.6. The molecule has 1 aromatic heterocycles. The molecular weight excluding hydrogens is 412 g/mol. The zero-order valence-corrected chi connectivity index (χ0v) is 17.4. The maximum Gasteiger partial charge on any atom is 0.279 e. The van der Waals surface area contributed by atoms with Crippen LogP contribution in [0.15, 0.2) is 89.9 Å². The largest absolute Gasteiger partial charge is 0.497 e. The van der Waals surface area contributed by atoms with E-state index >= 15 is 0 Å². The molecule has 0 radical (unpaired) electrons. The van der Waals surface area contributed by atoms with E-state index in [9.17, 15) is 9.59 Å². The monoisotopic (exact) mass is 430 g/mol. The Morgan fingerprint density at radius 3 is 2.23 bits per heavy atom. The molecule has 0 aliphatic rings. The fraction of sp³-hybridized carbons (Fsp3) is 0.0435. The van der Waals surface area contributed by atoms with Gasteiger partial charge in [-0.05, 0) is 60.1 Å². The number of carbonyl (C=O) groups is 2. The summed E-state index contributed by atoms with van der Waals surface area (Å²) in [4.78, 5) is 29.7. The molecule has 4 rings (SSSR count). The van der Waals surface area contributed by atoms with Crippen LogP contribution in [0.2, 0.25) is 0 Å². The second-order valence-corrected chi connectivity index (χ2v) is 7.33. The van der Waals surface area contributed by atoms with Crippen molar-refractivity contribution in [3.8, 4) is 11.4 Å². The van der Waals surface area contributed by atoms with E-state index in [-0.39, 0.29) is 10.4 Å². The Morgan fingerprint density at radius 1 is 0.935 bits per heavy atom. The first-order valence-corrected chi connectivity index (χ1v) is 10.2. The smallest absolute Gasteiger partial charge is 0.279 e. The lowest BCUT2D eigenvalue weighted by atomic mass is 10.2. The summed E-state index contributed by atoms with van der Waals surface area (Å²) in [5, 5.41) is 7.21. The number of hydrogen-bond acceptors (Lipinski definition) is 5. The Bertz CT molecular complexity index is 1260. The minimum atomic E-state index is -0.450. The van der Waals surface area contributed by atoms with E-state index in [0.29, 0.717) is 22.7 Å². The molecule has 31 heavy (non-hydrogen) atoms. The standard InChI is InChI=1S/C23H18N4O3S/c1-30-19-14-12-18(13-15-19)27-26-20(22(29)24-17-10-6-3-7-11-17)23(31-27)25-21(28)16-8-4-2-5-9-16/h2-15H,1H3,(H,24,29). The molecule has 1 heterocycles. The van der Waals surface area contributed by atoms with Crippen molar-refractivity contribution in [2.24, 2.45) is 4.99 Å². The molecule has 0 atom stereocenters. The summed E-state index contributed by atoms with van der Waals surface area (Å²) in [6, 6.07) is 24.9. The SMILES string of the molecule is COc1ccc(-n2nc(C(=O)Nc3ccccc3)c(=NC(=O)c3ccccc3)s2)cc1. The van der Waals surface area contributed by atoms with Gasteiger partial charge < -0.3 is 10.1 Å². The summed E-state index contributed by atoms with van der Waals surface area (Å²) in [7, 11) is 1.59. The molecule has 0 unspecified atom stereocenters. The van der Waals surface area contributed by atoms with Crippen molar-refractivity contribution in [3.63, 3.8) is 0 Å². The van der Waals surface area contributed by atoms with E-state index in [1.54, 1.807) is 59.7 Å². The van der Waals surface area contributed by atoms with Gasteiger partial charge in [-0.1, -0.05) is 36.4 Å². The van der Waals surface area contributed by atoms with Gasteiger partial charge in [0.05, 0.1) is 12.8 Å². The number of para-hydroxylation sites is 1. The van der Waals surface area contributed by atoms with Crippen molar-refractivity contribution in [1.29, 1.82) is 0 Å². The van der Waals surface area contributed by atoms with Gasteiger partial charge >= 0.3 is 0 Å². The molecule has 0 aliphatic carbocycles. The van der Waals surface area contributed by atoms with Crippen molar-refractivity contribution in [2.45, 2.75) is 0 Å². The first-order chi connectivity index (χ1) is 15.1. The summed E-state index contributed by atoms with van der Waals surface area (Å²) in [6.45, 7) is 0. The molecular formula is C23H18N4O3S. The van der Waals surface area contributed by atoms with E-state index in [2.05, 4.69) is 15.4 Å². The number of carbonyl (C=O) groups excluding carboxylic acids is 2. The highest BCUT2D eigenvalue weighted by Gasteiger charge is 2.17. The molecule has 7 nitrogen and oxygen atoms in total. The average Bonchev–Trinajstić information content (AvgIpc) is 3.24. The Labute approximate surface area is 182 Å². The minimum Gasteiger partial charge on any atom is -0.497 e. The quantitative estimate of drug-likeness (QED) is 0.520. The second-order valence-electron chi connectivity index (χ2n) is 6.42. The molecule has 0 aliphatic heterocycles. The lowest BCUT2D eigenvalue weighted by Crippen LogP contribution is -2.20. The Balaban J connectivity index is 1.75. The van der Waals surface area contributed by atoms with Crippen LogP contribution in [0.1, 0.15) is 20.8 Å². The summed E-state index contributed by atoms with van der Waals surface area (Å²) in [5.41, 5.74) is 1.83. The van der Waals surface area contributed by atoms with Crippen LogP contribution in [0, 0.1) is 0 Å². The Morgan fingerprint density at radius 2 is 1.58 bits per heavy atom. The first-order valence-electron chi connectivity index (χ1n) is 9.39. The van der Waals surface area contributed by atoms with Crippen molar-refractivity contribution in [1.82, 2.24) is 9.17 Å². The zero-order chi connectivity index (χ0) is 21.6. The number of amides is 2. The highest BCUT2D eigenvalue weighted by atomic mass is 32.1. The van der Waals surface area contributed by atoms with Gasteiger partial charge in [0.25, 0.3) is 11.8 Å². The molecule has 8 heteroatoms. The molecule has 0 spiro atoms. The molecule has 3 aromatic carbocycles. The number of hydrogen-bond donors (Lipinski definition) is 1. The van der Waals surface area contributed by atoms with Crippen LogP contribution in [-0.2, 0) is 0 Å². The van der Waals surface area contributed by atoms with Crippen LogP contribution in [0.4, 0.5) is 5.69 Å². The maximum absolute atomic E-state index is 12.9. The van der Waals surface area contributed by atoms with Crippen molar-refractivity contribution < 1.29 is 14.3 Å². The van der Waals surface area contributed by atoms with E-state index in [1.807, 2.05) is 36.4 Å². The molecule has 154 valence electrons. The number of aromatic nitrogens is 2. The highest BCUT2D eigenvalue weighted by Crippen LogP contribution is 2.16. The van der Waals surface area contributed by atoms with Gasteiger partial charge in [0.2, 0.25) is 0 Å². The number of nitrogens with one attached hydrogen (secondary N) is 1. The number of methoxy groups -OCH3 is 1. The summed E-state index contributed by atoms with van der Waals surface area (Å²) >= 11 is 1.10. The third-order valence-electron chi connectivity index (χ3n) is 4.33. The topological polar surface area (TPSA) is 85.6 Å². The van der Waals surface area contributed by atoms with Crippen LogP contribution >= 0.6 is 11.5 Å². The summed E-state index contributed by atoms with van der Waals surface area (Å²) < 4.78 is 6.96. The summed E-state index contributed by atoms with van der Waals surface area (Å²) in [5.74, 6) is -0.193. The molecule has 0 bridgehead atoms. The third kappa shape index (κ3) is 4.76. The summed E-state index contributed by atoms with van der Waals surface area (Å²) in [6.07, 6.45) is 0. The van der Waals surface area contributed by atoms with E-state index < -0.39 is 11.8 Å². The minimum absolute atomic E-state index is 0.0638. The fourth-order valence-corrected chi connectivity index (χ4v) is 3.62. The third-order valence-corrected chi connectivity index (χ3v) is 5.25. The Hall–Kier alpha value is -4.04. The number of anilines is 1. The number of rotatable bonds is 5. The lowest BCUT2D eigenvalue weighted by Gasteiger charge is -2.03. The van der Waals surface area contributed by atoms with E-state index in [0.717, 1.165) is 11.5 Å². The van der Waals surface area contributed by atoms with Crippen molar-refractivity contribution >= 4 is 29.0 Å². The van der Waals surface area contributed by atoms with Gasteiger partial charge in [0.1, 0.15) is 5.75 Å². The molecule has 0 saturated heterocycles. The maximum atomic E-state index is 12.9. The van der Waals surface area contributed by atoms with Gasteiger partial charge in [-0.2, -0.15) is 9.06 Å². The average molecular weight is 430 g/mol.